The molecule has 0 aliphatic heterocycles. The standard InChI is InChI=1S/C14H14N2OS/c17-14(12-6-8-15-9-7-12)16-10-11-18-13-4-2-1-3-5-13/h1-9H,10-11H2,(H,16,17). The van der Waals surface area contributed by atoms with Gasteiger partial charge in [0.2, 0.25) is 0 Å². The zero-order valence-corrected chi connectivity index (χ0v) is 10.7. The molecule has 18 heavy (non-hydrogen) atoms. The van der Waals surface area contributed by atoms with Crippen LogP contribution in [0.25, 0.3) is 0 Å². The van der Waals surface area contributed by atoms with Crippen molar-refractivity contribution >= 4 is 17.7 Å². The molecule has 0 radical (unpaired) electrons. The summed E-state index contributed by atoms with van der Waals surface area (Å²) in [5, 5.41) is 2.88. The molecule has 0 aliphatic rings. The average molecular weight is 258 g/mol. The molecule has 0 aliphatic carbocycles. The van der Waals surface area contributed by atoms with Crippen LogP contribution in [0.1, 0.15) is 10.4 Å². The largest absolute Gasteiger partial charge is 0.351 e. The quantitative estimate of drug-likeness (QED) is 0.662. The van der Waals surface area contributed by atoms with Gasteiger partial charge in [0.05, 0.1) is 0 Å². The van der Waals surface area contributed by atoms with Crippen LogP contribution in [0.4, 0.5) is 0 Å². The Morgan fingerprint density at radius 2 is 1.83 bits per heavy atom. The third-order valence-corrected chi connectivity index (χ3v) is 3.36. The van der Waals surface area contributed by atoms with E-state index in [1.807, 2.05) is 18.2 Å². The number of carbonyl (C=O) groups excluding carboxylic acids is 1. The summed E-state index contributed by atoms with van der Waals surface area (Å²) in [6.07, 6.45) is 3.24. The Hall–Kier alpha value is -1.81. The van der Waals surface area contributed by atoms with Crippen molar-refractivity contribution in [3.05, 3.63) is 60.4 Å². The molecule has 0 saturated heterocycles. The SMILES string of the molecule is O=C(NCCSc1ccccc1)c1ccncc1. The Balaban J connectivity index is 1.72. The highest BCUT2D eigenvalue weighted by molar-refractivity contribution is 7.99. The van der Waals surface area contributed by atoms with Gasteiger partial charge < -0.3 is 5.32 Å². The summed E-state index contributed by atoms with van der Waals surface area (Å²) < 4.78 is 0. The van der Waals surface area contributed by atoms with Gasteiger partial charge in [-0.3, -0.25) is 9.78 Å². The molecule has 1 heterocycles. The van der Waals surface area contributed by atoms with Gasteiger partial charge in [-0.1, -0.05) is 18.2 Å². The van der Waals surface area contributed by atoms with Crippen LogP contribution in [0, 0.1) is 0 Å². The molecule has 1 aromatic heterocycles. The lowest BCUT2D eigenvalue weighted by atomic mass is 10.2. The van der Waals surface area contributed by atoms with Gasteiger partial charge in [0, 0.05) is 35.2 Å². The first-order valence-corrected chi connectivity index (χ1v) is 6.71. The predicted molar refractivity (Wildman–Crippen MR) is 73.7 cm³/mol. The van der Waals surface area contributed by atoms with Crippen LogP contribution in [0.3, 0.4) is 0 Å². The molecule has 0 fully saturated rings. The summed E-state index contributed by atoms with van der Waals surface area (Å²) in [6, 6.07) is 13.6. The van der Waals surface area contributed by atoms with E-state index in [-0.39, 0.29) is 5.91 Å². The maximum absolute atomic E-state index is 11.7. The topological polar surface area (TPSA) is 42.0 Å². The van der Waals surface area contributed by atoms with E-state index in [0.29, 0.717) is 12.1 Å². The smallest absolute Gasteiger partial charge is 0.251 e. The third kappa shape index (κ3) is 3.89. The van der Waals surface area contributed by atoms with Crippen LogP contribution >= 0.6 is 11.8 Å². The first-order chi connectivity index (χ1) is 8.86. The lowest BCUT2D eigenvalue weighted by molar-refractivity contribution is 0.0956. The molecule has 1 amide bonds. The average Bonchev–Trinajstić information content (AvgIpc) is 2.45. The van der Waals surface area contributed by atoms with Crippen molar-refractivity contribution < 1.29 is 4.79 Å². The lowest BCUT2D eigenvalue weighted by Gasteiger charge is -2.04. The fourth-order valence-electron chi connectivity index (χ4n) is 1.46. The molecule has 0 spiro atoms. The summed E-state index contributed by atoms with van der Waals surface area (Å²) in [7, 11) is 0. The van der Waals surface area contributed by atoms with Gasteiger partial charge in [0.25, 0.3) is 5.91 Å². The van der Waals surface area contributed by atoms with Crippen LogP contribution in [0.5, 0.6) is 0 Å². The fourth-order valence-corrected chi connectivity index (χ4v) is 2.24. The first kappa shape index (κ1) is 12.6. The van der Waals surface area contributed by atoms with Gasteiger partial charge in [-0.25, -0.2) is 0 Å². The van der Waals surface area contributed by atoms with E-state index in [1.54, 1.807) is 36.3 Å². The summed E-state index contributed by atoms with van der Waals surface area (Å²) in [6.45, 7) is 0.653. The number of amides is 1. The summed E-state index contributed by atoms with van der Waals surface area (Å²) >= 11 is 1.73. The van der Waals surface area contributed by atoms with Crippen LogP contribution in [-0.2, 0) is 0 Å². The van der Waals surface area contributed by atoms with Crippen LogP contribution in [0.2, 0.25) is 0 Å². The Kier molecular flexibility index (Phi) is 4.78. The highest BCUT2D eigenvalue weighted by atomic mass is 32.2. The van der Waals surface area contributed by atoms with E-state index in [0.717, 1.165) is 5.75 Å². The minimum Gasteiger partial charge on any atom is -0.351 e. The van der Waals surface area contributed by atoms with Crippen molar-refractivity contribution in [1.29, 1.82) is 0 Å². The zero-order valence-electron chi connectivity index (χ0n) is 9.87. The number of thioether (sulfide) groups is 1. The number of rotatable bonds is 5. The van der Waals surface area contributed by atoms with E-state index < -0.39 is 0 Å². The van der Waals surface area contributed by atoms with E-state index in [4.69, 9.17) is 0 Å². The molecule has 0 bridgehead atoms. The van der Waals surface area contributed by atoms with E-state index in [1.165, 1.54) is 4.90 Å². The van der Waals surface area contributed by atoms with E-state index in [2.05, 4.69) is 22.4 Å². The minimum atomic E-state index is -0.0499. The first-order valence-electron chi connectivity index (χ1n) is 5.72. The van der Waals surface area contributed by atoms with Crippen LogP contribution in [-0.4, -0.2) is 23.2 Å². The third-order valence-electron chi connectivity index (χ3n) is 2.34. The molecule has 92 valence electrons. The number of carbonyl (C=O) groups is 1. The predicted octanol–water partition coefficient (Wildman–Crippen LogP) is 2.60. The summed E-state index contributed by atoms with van der Waals surface area (Å²) in [4.78, 5) is 16.8. The number of nitrogens with zero attached hydrogens (tertiary/aromatic N) is 1. The second-order valence-electron chi connectivity index (χ2n) is 3.65. The molecule has 4 heteroatoms. The monoisotopic (exact) mass is 258 g/mol. The highest BCUT2D eigenvalue weighted by Gasteiger charge is 2.03. The maximum Gasteiger partial charge on any atom is 0.251 e. The van der Waals surface area contributed by atoms with Gasteiger partial charge in [-0.05, 0) is 24.3 Å². The van der Waals surface area contributed by atoms with Crippen molar-refractivity contribution in [1.82, 2.24) is 10.3 Å². The molecule has 0 saturated carbocycles. The number of hydrogen-bond donors (Lipinski definition) is 1. The van der Waals surface area contributed by atoms with Gasteiger partial charge in [-0.15, -0.1) is 11.8 Å². The molecule has 3 nitrogen and oxygen atoms in total. The van der Waals surface area contributed by atoms with E-state index >= 15 is 0 Å². The summed E-state index contributed by atoms with van der Waals surface area (Å²) in [5.41, 5.74) is 0.648. The molecular formula is C14H14N2OS. The Morgan fingerprint density at radius 3 is 2.56 bits per heavy atom. The maximum atomic E-state index is 11.7. The minimum absolute atomic E-state index is 0.0499. The number of benzene rings is 1. The Morgan fingerprint density at radius 1 is 1.11 bits per heavy atom. The Labute approximate surface area is 111 Å². The summed E-state index contributed by atoms with van der Waals surface area (Å²) in [5.74, 6) is 0.812. The second-order valence-corrected chi connectivity index (χ2v) is 4.82. The van der Waals surface area contributed by atoms with Crippen molar-refractivity contribution in [3.8, 4) is 0 Å². The molecule has 0 unspecified atom stereocenters. The van der Waals surface area contributed by atoms with E-state index in [9.17, 15) is 4.79 Å². The number of nitrogens with one attached hydrogen (secondary N) is 1. The van der Waals surface area contributed by atoms with Crippen molar-refractivity contribution in [2.45, 2.75) is 4.90 Å². The van der Waals surface area contributed by atoms with Crippen molar-refractivity contribution in [3.63, 3.8) is 0 Å². The van der Waals surface area contributed by atoms with Crippen LogP contribution < -0.4 is 5.32 Å². The van der Waals surface area contributed by atoms with Crippen LogP contribution in [0.15, 0.2) is 59.8 Å². The lowest BCUT2D eigenvalue weighted by Crippen LogP contribution is -2.25. The van der Waals surface area contributed by atoms with Gasteiger partial charge in [0.15, 0.2) is 0 Å². The number of aromatic nitrogens is 1. The molecule has 1 aromatic carbocycles. The molecule has 0 atom stereocenters. The molecule has 1 N–H and O–H groups in total. The molecular weight excluding hydrogens is 244 g/mol. The highest BCUT2D eigenvalue weighted by Crippen LogP contribution is 2.15. The normalized spacial score (nSPS) is 10.0. The molecule has 2 rings (SSSR count). The Bertz CT molecular complexity index is 488. The fraction of sp³-hybridized carbons (Fsp3) is 0.143. The zero-order chi connectivity index (χ0) is 12.6. The number of hydrogen-bond acceptors (Lipinski definition) is 3. The van der Waals surface area contributed by atoms with Gasteiger partial charge >= 0.3 is 0 Å². The van der Waals surface area contributed by atoms with Gasteiger partial charge in [0.1, 0.15) is 0 Å². The van der Waals surface area contributed by atoms with Crippen molar-refractivity contribution in [2.75, 3.05) is 12.3 Å². The van der Waals surface area contributed by atoms with Crippen molar-refractivity contribution in [2.24, 2.45) is 0 Å². The van der Waals surface area contributed by atoms with Gasteiger partial charge in [-0.2, -0.15) is 0 Å². The number of pyridine rings is 1. The second kappa shape index (κ2) is 6.81. The molecule has 2 aromatic rings.